The molecule has 2 atom stereocenters. The molecule has 0 spiro atoms. The smallest absolute Gasteiger partial charge is 0.416 e. The summed E-state index contributed by atoms with van der Waals surface area (Å²) in [6.07, 6.45) is 0.345. The number of hydrogen-bond acceptors (Lipinski definition) is 5. The van der Waals surface area contributed by atoms with Crippen molar-refractivity contribution >= 4 is 27.5 Å². The first-order valence-electron chi connectivity index (χ1n) is 13.7. The van der Waals surface area contributed by atoms with Crippen molar-refractivity contribution in [2.24, 2.45) is 0 Å². The fourth-order valence-corrected chi connectivity index (χ4v) is 7.82. The Labute approximate surface area is 237 Å². The Morgan fingerprint density at radius 2 is 1.82 bits per heavy atom. The molecule has 0 aromatic heterocycles. The van der Waals surface area contributed by atoms with E-state index in [2.05, 4.69) is 10.2 Å². The third-order valence-corrected chi connectivity index (χ3v) is 10.2. The van der Waals surface area contributed by atoms with Gasteiger partial charge in [0.1, 0.15) is 5.75 Å². The van der Waals surface area contributed by atoms with Gasteiger partial charge in [0.2, 0.25) is 15.9 Å². The van der Waals surface area contributed by atoms with Gasteiger partial charge in [-0.25, -0.2) is 8.42 Å². The average Bonchev–Trinajstić information content (AvgIpc) is 3.39. The first-order chi connectivity index (χ1) is 19.0. The van der Waals surface area contributed by atoms with Crippen LogP contribution >= 0.6 is 11.6 Å². The summed E-state index contributed by atoms with van der Waals surface area (Å²) in [5.41, 5.74) is 0.737. The van der Waals surface area contributed by atoms with Gasteiger partial charge in [-0.05, 0) is 74.7 Å². The van der Waals surface area contributed by atoms with Crippen LogP contribution in [0.1, 0.15) is 67.7 Å². The van der Waals surface area contributed by atoms with Gasteiger partial charge in [-0.2, -0.15) is 17.5 Å². The number of rotatable bonds is 7. The first kappa shape index (κ1) is 29.2. The van der Waals surface area contributed by atoms with Gasteiger partial charge in [-0.15, -0.1) is 0 Å². The SMILES string of the molecule is O=C(CC1CCCN1S(=O)(=O)c1cccc(C(F)(F)F)c1)NC1CCOc2cc(CN3CCCCC3)c(Cl)cc21. The highest BCUT2D eigenvalue weighted by molar-refractivity contribution is 7.89. The zero-order valence-electron chi connectivity index (χ0n) is 22.1. The fraction of sp³-hybridized carbons (Fsp3) is 0.536. The Kier molecular flexibility index (Phi) is 8.66. The Balaban J connectivity index is 1.26. The molecule has 3 heterocycles. The van der Waals surface area contributed by atoms with Crippen molar-refractivity contribution in [3.63, 3.8) is 0 Å². The fourth-order valence-electron chi connectivity index (χ4n) is 5.85. The summed E-state index contributed by atoms with van der Waals surface area (Å²) in [6.45, 7) is 3.38. The Bertz CT molecular complexity index is 1350. The minimum absolute atomic E-state index is 0.0916. The lowest BCUT2D eigenvalue weighted by Crippen LogP contribution is -2.40. The van der Waals surface area contributed by atoms with Gasteiger partial charge >= 0.3 is 6.18 Å². The number of likely N-dealkylation sites (tertiary alicyclic amines) is 1. The van der Waals surface area contributed by atoms with E-state index in [1.807, 2.05) is 12.1 Å². The van der Waals surface area contributed by atoms with Crippen LogP contribution in [0.4, 0.5) is 13.2 Å². The van der Waals surface area contributed by atoms with Gasteiger partial charge in [0.25, 0.3) is 0 Å². The van der Waals surface area contributed by atoms with Gasteiger partial charge < -0.3 is 10.1 Å². The first-order valence-corrected chi connectivity index (χ1v) is 15.5. The second kappa shape index (κ2) is 11.9. The van der Waals surface area contributed by atoms with E-state index in [0.717, 1.165) is 53.3 Å². The number of carbonyl (C=O) groups is 1. The number of nitrogens with zero attached hydrogens (tertiary/aromatic N) is 2. The van der Waals surface area contributed by atoms with Crippen LogP contribution in [-0.2, 0) is 27.5 Å². The molecule has 2 aromatic rings. The highest BCUT2D eigenvalue weighted by Crippen LogP contribution is 2.38. The number of sulfonamides is 1. The van der Waals surface area contributed by atoms with Crippen molar-refractivity contribution in [2.75, 3.05) is 26.2 Å². The number of fused-ring (bicyclic) bond motifs is 1. The van der Waals surface area contributed by atoms with Crippen LogP contribution < -0.4 is 10.1 Å². The molecule has 218 valence electrons. The van der Waals surface area contributed by atoms with Crippen molar-refractivity contribution < 1.29 is 31.1 Å². The van der Waals surface area contributed by atoms with Crippen LogP contribution in [0.2, 0.25) is 5.02 Å². The molecule has 2 fully saturated rings. The number of nitrogens with one attached hydrogen (secondary N) is 1. The van der Waals surface area contributed by atoms with Crippen LogP contribution in [-0.4, -0.2) is 55.8 Å². The van der Waals surface area contributed by atoms with Gasteiger partial charge in [-0.1, -0.05) is 24.1 Å². The standard InChI is InChI=1S/C28H33ClF3N3O4S/c29-24-17-23-25(9-13-39-26(23)14-19(24)18-34-10-2-1-3-11-34)33-27(36)16-21-7-5-12-35(21)40(37,38)22-8-4-6-20(15-22)28(30,31)32/h4,6,8,14-15,17,21,25H,1-3,5,7,9-13,16,18H2,(H,33,36). The molecule has 0 aliphatic carbocycles. The topological polar surface area (TPSA) is 79.0 Å². The zero-order chi connectivity index (χ0) is 28.5. The zero-order valence-corrected chi connectivity index (χ0v) is 23.6. The van der Waals surface area contributed by atoms with Gasteiger partial charge in [0, 0.05) is 42.6 Å². The molecule has 3 aliphatic heterocycles. The van der Waals surface area contributed by atoms with Gasteiger partial charge in [-0.3, -0.25) is 9.69 Å². The summed E-state index contributed by atoms with van der Waals surface area (Å²) in [4.78, 5) is 15.1. The van der Waals surface area contributed by atoms with E-state index < -0.39 is 32.7 Å². The summed E-state index contributed by atoms with van der Waals surface area (Å²) < 4.78 is 73.1. The summed E-state index contributed by atoms with van der Waals surface area (Å²) in [5.74, 6) is 0.352. The molecular formula is C28H33ClF3N3O4S. The predicted octanol–water partition coefficient (Wildman–Crippen LogP) is 5.53. The van der Waals surface area contributed by atoms with Crippen molar-refractivity contribution in [3.8, 4) is 5.75 Å². The van der Waals surface area contributed by atoms with E-state index in [4.69, 9.17) is 16.3 Å². The van der Waals surface area contributed by atoms with Crippen LogP contribution in [0.3, 0.4) is 0 Å². The second-order valence-corrected chi connectivity index (χ2v) is 13.0. The lowest BCUT2D eigenvalue weighted by molar-refractivity contribution is -0.137. The molecule has 1 amide bonds. The minimum atomic E-state index is -4.66. The molecule has 1 N–H and O–H groups in total. The van der Waals surface area contributed by atoms with Crippen LogP contribution in [0, 0.1) is 0 Å². The van der Waals surface area contributed by atoms with E-state index in [9.17, 15) is 26.4 Å². The highest BCUT2D eigenvalue weighted by atomic mass is 35.5. The van der Waals surface area contributed by atoms with Crippen molar-refractivity contribution in [1.29, 1.82) is 0 Å². The maximum absolute atomic E-state index is 13.3. The monoisotopic (exact) mass is 599 g/mol. The number of ether oxygens (including phenoxy) is 1. The van der Waals surface area contributed by atoms with Crippen molar-refractivity contribution in [1.82, 2.24) is 14.5 Å². The molecule has 0 bridgehead atoms. The second-order valence-electron chi connectivity index (χ2n) is 10.7. The number of amides is 1. The molecule has 0 saturated carbocycles. The molecule has 2 aromatic carbocycles. The summed E-state index contributed by atoms with van der Waals surface area (Å²) >= 11 is 6.65. The molecule has 0 radical (unpaired) electrons. The van der Waals surface area contributed by atoms with Crippen LogP contribution in [0.15, 0.2) is 41.3 Å². The molecule has 5 rings (SSSR count). The number of piperidine rings is 1. The maximum Gasteiger partial charge on any atom is 0.416 e. The number of alkyl halides is 3. The van der Waals surface area contributed by atoms with E-state index in [0.29, 0.717) is 42.7 Å². The minimum Gasteiger partial charge on any atom is -0.493 e. The Morgan fingerprint density at radius 3 is 2.58 bits per heavy atom. The van der Waals surface area contributed by atoms with Gasteiger partial charge in [0.15, 0.2) is 0 Å². The molecule has 40 heavy (non-hydrogen) atoms. The molecule has 12 heteroatoms. The predicted molar refractivity (Wildman–Crippen MR) is 145 cm³/mol. The van der Waals surface area contributed by atoms with Crippen molar-refractivity contribution in [2.45, 2.75) is 74.6 Å². The van der Waals surface area contributed by atoms with Gasteiger partial charge in [0.05, 0.1) is 23.1 Å². The van der Waals surface area contributed by atoms with Crippen LogP contribution in [0.5, 0.6) is 5.75 Å². The van der Waals surface area contributed by atoms with Crippen molar-refractivity contribution in [3.05, 3.63) is 58.1 Å². The Hall–Kier alpha value is -2.34. The third kappa shape index (κ3) is 6.42. The summed E-state index contributed by atoms with van der Waals surface area (Å²) in [6, 6.07) is 6.53. The molecule has 2 unspecified atom stereocenters. The molecule has 7 nitrogen and oxygen atoms in total. The number of carbonyl (C=O) groups excluding carboxylic acids is 1. The largest absolute Gasteiger partial charge is 0.493 e. The highest BCUT2D eigenvalue weighted by Gasteiger charge is 2.38. The normalized spacial score (nSPS) is 22.5. The molecule has 2 saturated heterocycles. The molecular weight excluding hydrogens is 567 g/mol. The number of halogens is 4. The van der Waals surface area contributed by atoms with E-state index in [-0.39, 0.29) is 24.9 Å². The lowest BCUT2D eigenvalue weighted by atomic mass is 9.97. The van der Waals surface area contributed by atoms with E-state index in [1.54, 1.807) is 0 Å². The maximum atomic E-state index is 13.3. The Morgan fingerprint density at radius 1 is 1.05 bits per heavy atom. The summed E-state index contributed by atoms with van der Waals surface area (Å²) in [5, 5.41) is 3.63. The quantitative estimate of drug-likeness (QED) is 0.453. The third-order valence-electron chi connectivity index (χ3n) is 7.91. The summed E-state index contributed by atoms with van der Waals surface area (Å²) in [7, 11) is -4.21. The average molecular weight is 600 g/mol. The number of hydrogen-bond donors (Lipinski definition) is 1. The van der Waals surface area contributed by atoms with E-state index in [1.165, 1.54) is 19.3 Å². The van der Waals surface area contributed by atoms with Crippen LogP contribution in [0.25, 0.3) is 0 Å². The lowest BCUT2D eigenvalue weighted by Gasteiger charge is -2.30. The number of benzene rings is 2. The molecule has 3 aliphatic rings. The van der Waals surface area contributed by atoms with E-state index >= 15 is 0 Å².